The summed E-state index contributed by atoms with van der Waals surface area (Å²) in [5.74, 6) is -0.807. The Kier molecular flexibility index (Phi) is 4.01. The monoisotopic (exact) mass is 317 g/mol. The summed E-state index contributed by atoms with van der Waals surface area (Å²) in [5, 5.41) is 14.2. The van der Waals surface area contributed by atoms with Crippen molar-refractivity contribution < 1.29 is 9.31 Å². The van der Waals surface area contributed by atoms with E-state index in [4.69, 9.17) is 23.2 Å². The first-order valence-electron chi connectivity index (χ1n) is 5.24. The lowest BCUT2D eigenvalue weighted by Gasteiger charge is -2.07. The lowest BCUT2D eigenvalue weighted by molar-refractivity contribution is -0.385. The Hall–Kier alpha value is -1.99. The molecule has 0 aliphatic rings. The minimum absolute atomic E-state index is 0.0454. The van der Waals surface area contributed by atoms with Crippen LogP contribution in [0, 0.1) is 15.9 Å². The van der Waals surface area contributed by atoms with Crippen molar-refractivity contribution in [3.63, 3.8) is 0 Å². The standard InChI is InChI=1S/C11H6Cl2FN3O3/c12-7-4-15-16(11(18)10(7)13)5-6-8(14)2-1-3-9(6)17(19)20/h1-4H,5H2. The van der Waals surface area contributed by atoms with Crippen molar-refractivity contribution in [2.45, 2.75) is 6.54 Å². The Morgan fingerprint density at radius 3 is 2.75 bits per heavy atom. The third-order valence-corrected chi connectivity index (χ3v) is 3.29. The highest BCUT2D eigenvalue weighted by molar-refractivity contribution is 6.41. The van der Waals surface area contributed by atoms with E-state index in [1.807, 2.05) is 0 Å². The topological polar surface area (TPSA) is 78.0 Å². The van der Waals surface area contributed by atoms with Gasteiger partial charge in [0.25, 0.3) is 11.2 Å². The predicted molar refractivity (Wildman–Crippen MR) is 70.7 cm³/mol. The van der Waals surface area contributed by atoms with Crippen molar-refractivity contribution in [3.8, 4) is 0 Å². The van der Waals surface area contributed by atoms with Crippen molar-refractivity contribution in [1.29, 1.82) is 0 Å². The first kappa shape index (κ1) is 14.4. The Bertz CT molecular complexity index is 748. The van der Waals surface area contributed by atoms with E-state index in [1.54, 1.807) is 0 Å². The van der Waals surface area contributed by atoms with Gasteiger partial charge in [-0.2, -0.15) is 5.10 Å². The fourth-order valence-electron chi connectivity index (χ4n) is 1.58. The van der Waals surface area contributed by atoms with Crippen LogP contribution >= 0.6 is 23.2 Å². The molecule has 2 aromatic rings. The molecule has 0 N–H and O–H groups in total. The van der Waals surface area contributed by atoms with Gasteiger partial charge in [-0.3, -0.25) is 14.9 Å². The van der Waals surface area contributed by atoms with Crippen LogP contribution in [0.3, 0.4) is 0 Å². The van der Waals surface area contributed by atoms with E-state index in [2.05, 4.69) is 5.10 Å². The summed E-state index contributed by atoms with van der Waals surface area (Å²) in [5.41, 5.74) is -1.45. The van der Waals surface area contributed by atoms with Crippen LogP contribution in [0.4, 0.5) is 10.1 Å². The SMILES string of the molecule is O=c1c(Cl)c(Cl)cnn1Cc1c(F)cccc1[N+](=O)[O-]. The number of hydrogen-bond donors (Lipinski definition) is 0. The average Bonchev–Trinajstić information content (AvgIpc) is 2.41. The fraction of sp³-hybridized carbons (Fsp3) is 0.0909. The molecule has 1 aromatic heterocycles. The van der Waals surface area contributed by atoms with E-state index in [0.29, 0.717) is 0 Å². The quantitative estimate of drug-likeness (QED) is 0.644. The van der Waals surface area contributed by atoms with Crippen LogP contribution < -0.4 is 5.56 Å². The second-order valence-corrected chi connectivity index (χ2v) is 4.55. The molecule has 0 atom stereocenters. The van der Waals surface area contributed by atoms with Gasteiger partial charge in [-0.25, -0.2) is 9.07 Å². The minimum Gasteiger partial charge on any atom is -0.266 e. The maximum atomic E-state index is 13.7. The van der Waals surface area contributed by atoms with E-state index in [1.165, 1.54) is 6.07 Å². The number of hydrogen-bond acceptors (Lipinski definition) is 4. The zero-order valence-corrected chi connectivity index (χ0v) is 11.2. The summed E-state index contributed by atoms with van der Waals surface area (Å²) < 4.78 is 14.5. The van der Waals surface area contributed by atoms with Crippen LogP contribution in [0.15, 0.2) is 29.2 Å². The maximum absolute atomic E-state index is 13.7. The van der Waals surface area contributed by atoms with Crippen molar-refractivity contribution in [1.82, 2.24) is 9.78 Å². The van der Waals surface area contributed by atoms with Crippen LogP contribution in [0.25, 0.3) is 0 Å². The molecule has 9 heteroatoms. The molecule has 1 heterocycles. The van der Waals surface area contributed by atoms with Crippen molar-refractivity contribution in [2.75, 3.05) is 0 Å². The van der Waals surface area contributed by atoms with Gasteiger partial charge in [0, 0.05) is 6.07 Å². The first-order valence-corrected chi connectivity index (χ1v) is 6.00. The molecule has 0 fully saturated rings. The highest BCUT2D eigenvalue weighted by Gasteiger charge is 2.19. The van der Waals surface area contributed by atoms with E-state index in [0.717, 1.165) is 23.0 Å². The Morgan fingerprint density at radius 2 is 2.10 bits per heavy atom. The zero-order chi connectivity index (χ0) is 14.9. The number of rotatable bonds is 3. The van der Waals surface area contributed by atoms with E-state index in [9.17, 15) is 19.3 Å². The van der Waals surface area contributed by atoms with Gasteiger partial charge in [0.2, 0.25) is 0 Å². The molecule has 0 saturated heterocycles. The summed E-state index contributed by atoms with van der Waals surface area (Å²) in [4.78, 5) is 21.9. The summed E-state index contributed by atoms with van der Waals surface area (Å²) in [6.07, 6.45) is 1.11. The second kappa shape index (κ2) is 5.56. The normalized spacial score (nSPS) is 10.6. The van der Waals surface area contributed by atoms with Gasteiger partial charge in [-0.05, 0) is 6.07 Å². The first-order chi connectivity index (χ1) is 9.41. The third kappa shape index (κ3) is 2.63. The van der Waals surface area contributed by atoms with Gasteiger partial charge < -0.3 is 0 Å². The van der Waals surface area contributed by atoms with Gasteiger partial charge in [-0.1, -0.05) is 29.3 Å². The third-order valence-electron chi connectivity index (χ3n) is 2.54. The predicted octanol–water partition coefficient (Wildman–Crippen LogP) is 2.65. The van der Waals surface area contributed by atoms with Crippen molar-refractivity contribution >= 4 is 28.9 Å². The average molecular weight is 318 g/mol. The Balaban J connectivity index is 2.54. The number of nitro groups is 1. The molecule has 0 saturated carbocycles. The molecule has 0 amide bonds. The highest BCUT2D eigenvalue weighted by atomic mass is 35.5. The summed E-state index contributed by atoms with van der Waals surface area (Å²) >= 11 is 11.3. The number of halogens is 3. The molecule has 6 nitrogen and oxygen atoms in total. The molecule has 104 valence electrons. The summed E-state index contributed by atoms with van der Waals surface area (Å²) in [6.45, 7) is -0.418. The van der Waals surface area contributed by atoms with Crippen LogP contribution in [0.5, 0.6) is 0 Å². The Morgan fingerprint density at radius 1 is 1.40 bits per heavy atom. The smallest absolute Gasteiger partial charge is 0.266 e. The van der Waals surface area contributed by atoms with Gasteiger partial charge in [0.15, 0.2) is 0 Å². The zero-order valence-electron chi connectivity index (χ0n) is 9.72. The molecule has 0 bridgehead atoms. The minimum atomic E-state index is -0.807. The number of nitro benzene ring substituents is 1. The van der Waals surface area contributed by atoms with Crippen LogP contribution in [0.1, 0.15) is 5.56 Å². The van der Waals surface area contributed by atoms with Gasteiger partial charge >= 0.3 is 0 Å². The number of aromatic nitrogens is 2. The van der Waals surface area contributed by atoms with E-state index >= 15 is 0 Å². The van der Waals surface area contributed by atoms with Crippen LogP contribution in [-0.4, -0.2) is 14.7 Å². The molecule has 0 unspecified atom stereocenters. The molecule has 2 rings (SSSR count). The van der Waals surface area contributed by atoms with E-state index in [-0.39, 0.29) is 15.6 Å². The number of nitrogens with zero attached hydrogens (tertiary/aromatic N) is 3. The molecule has 1 aromatic carbocycles. The Labute approximate surface area is 121 Å². The van der Waals surface area contributed by atoms with Crippen molar-refractivity contribution in [3.05, 3.63) is 66.3 Å². The van der Waals surface area contributed by atoms with Crippen molar-refractivity contribution in [2.24, 2.45) is 0 Å². The largest absolute Gasteiger partial charge is 0.287 e. The molecule has 0 spiro atoms. The lowest BCUT2D eigenvalue weighted by Crippen LogP contribution is -2.24. The molecule has 20 heavy (non-hydrogen) atoms. The van der Waals surface area contributed by atoms with Crippen LogP contribution in [0.2, 0.25) is 10.0 Å². The molecule has 0 aliphatic carbocycles. The van der Waals surface area contributed by atoms with Crippen LogP contribution in [-0.2, 0) is 6.54 Å². The molecule has 0 radical (unpaired) electrons. The van der Waals surface area contributed by atoms with Gasteiger partial charge in [0.1, 0.15) is 10.8 Å². The van der Waals surface area contributed by atoms with Gasteiger partial charge in [0.05, 0.1) is 28.3 Å². The fourth-order valence-corrected chi connectivity index (χ4v) is 1.85. The summed E-state index contributed by atoms with van der Waals surface area (Å²) in [6, 6.07) is 3.41. The summed E-state index contributed by atoms with van der Waals surface area (Å²) in [7, 11) is 0. The second-order valence-electron chi connectivity index (χ2n) is 3.76. The molecule has 0 aliphatic heterocycles. The molecular formula is C11H6Cl2FN3O3. The molecular weight excluding hydrogens is 312 g/mol. The lowest BCUT2D eigenvalue weighted by atomic mass is 10.1. The maximum Gasteiger partial charge on any atom is 0.287 e. The van der Waals surface area contributed by atoms with Gasteiger partial charge in [-0.15, -0.1) is 0 Å². The van der Waals surface area contributed by atoms with E-state index < -0.39 is 28.5 Å². The number of benzene rings is 1. The highest BCUT2D eigenvalue weighted by Crippen LogP contribution is 2.22.